The first-order valence-corrected chi connectivity index (χ1v) is 7.46. The minimum atomic E-state index is 0.0212. The Morgan fingerprint density at radius 2 is 2.20 bits per heavy atom. The fourth-order valence-corrected chi connectivity index (χ4v) is 3.10. The molecule has 2 N–H and O–H groups in total. The average Bonchev–Trinajstić information content (AvgIpc) is 2.89. The van der Waals surface area contributed by atoms with Crippen molar-refractivity contribution in [2.75, 3.05) is 6.61 Å². The zero-order valence-electron chi connectivity index (χ0n) is 12.1. The van der Waals surface area contributed by atoms with Crippen molar-refractivity contribution >= 4 is 5.91 Å². The van der Waals surface area contributed by atoms with Crippen LogP contribution in [0.2, 0.25) is 0 Å². The van der Waals surface area contributed by atoms with Crippen molar-refractivity contribution in [3.8, 4) is 5.75 Å². The van der Waals surface area contributed by atoms with Gasteiger partial charge in [0.15, 0.2) is 0 Å². The van der Waals surface area contributed by atoms with Crippen LogP contribution >= 0.6 is 0 Å². The third-order valence-corrected chi connectivity index (χ3v) is 4.33. The van der Waals surface area contributed by atoms with Crippen molar-refractivity contribution in [3.63, 3.8) is 0 Å². The summed E-state index contributed by atoms with van der Waals surface area (Å²) in [5.74, 6) is 0.941. The van der Waals surface area contributed by atoms with Crippen LogP contribution in [-0.2, 0) is 6.42 Å². The fourth-order valence-electron chi connectivity index (χ4n) is 3.10. The van der Waals surface area contributed by atoms with Gasteiger partial charge >= 0.3 is 0 Å². The summed E-state index contributed by atoms with van der Waals surface area (Å²) in [5.41, 5.74) is 1.88. The first-order valence-electron chi connectivity index (χ1n) is 7.46. The van der Waals surface area contributed by atoms with Gasteiger partial charge in [-0.1, -0.05) is 0 Å². The maximum atomic E-state index is 12.4. The van der Waals surface area contributed by atoms with Gasteiger partial charge in [0.1, 0.15) is 5.75 Å². The molecule has 0 radical (unpaired) electrons. The number of hydrogen-bond acceptors (Lipinski definition) is 3. The highest BCUT2D eigenvalue weighted by molar-refractivity contribution is 5.94. The van der Waals surface area contributed by atoms with E-state index in [9.17, 15) is 4.79 Å². The van der Waals surface area contributed by atoms with Crippen molar-refractivity contribution in [1.82, 2.24) is 10.6 Å². The highest BCUT2D eigenvalue weighted by atomic mass is 16.5. The zero-order valence-corrected chi connectivity index (χ0v) is 12.1. The molecular formula is C16H22N2O2. The van der Waals surface area contributed by atoms with E-state index in [4.69, 9.17) is 4.74 Å². The van der Waals surface area contributed by atoms with Gasteiger partial charge in [-0.2, -0.15) is 0 Å². The SMILES string of the molecule is CC1CCC(NC(=O)c2ccc3c(c2)CCO3)C(C)N1. The average molecular weight is 274 g/mol. The third-order valence-electron chi connectivity index (χ3n) is 4.33. The van der Waals surface area contributed by atoms with Gasteiger partial charge in [-0.25, -0.2) is 0 Å². The first-order chi connectivity index (χ1) is 9.63. The summed E-state index contributed by atoms with van der Waals surface area (Å²) in [6.07, 6.45) is 3.04. The number of amides is 1. The number of rotatable bonds is 2. The molecule has 4 heteroatoms. The molecule has 20 heavy (non-hydrogen) atoms. The quantitative estimate of drug-likeness (QED) is 0.866. The second-order valence-electron chi connectivity index (χ2n) is 5.93. The summed E-state index contributed by atoms with van der Waals surface area (Å²) in [4.78, 5) is 12.4. The maximum Gasteiger partial charge on any atom is 0.251 e. The lowest BCUT2D eigenvalue weighted by atomic mass is 9.95. The summed E-state index contributed by atoms with van der Waals surface area (Å²) in [6, 6.07) is 6.78. The Balaban J connectivity index is 1.67. The minimum Gasteiger partial charge on any atom is -0.493 e. The lowest BCUT2D eigenvalue weighted by Gasteiger charge is -2.34. The predicted molar refractivity (Wildman–Crippen MR) is 78.2 cm³/mol. The van der Waals surface area contributed by atoms with Crippen LogP contribution in [-0.4, -0.2) is 30.6 Å². The number of fused-ring (bicyclic) bond motifs is 1. The van der Waals surface area contributed by atoms with Crippen molar-refractivity contribution in [1.29, 1.82) is 0 Å². The molecule has 1 amide bonds. The van der Waals surface area contributed by atoms with Crippen LogP contribution in [0, 0.1) is 0 Å². The number of hydrogen-bond donors (Lipinski definition) is 2. The Bertz CT molecular complexity index is 515. The minimum absolute atomic E-state index is 0.0212. The summed E-state index contributed by atoms with van der Waals surface area (Å²) in [5, 5.41) is 6.65. The molecule has 1 aromatic rings. The van der Waals surface area contributed by atoms with Crippen molar-refractivity contribution in [2.24, 2.45) is 0 Å². The lowest BCUT2D eigenvalue weighted by molar-refractivity contribution is 0.0914. The number of carbonyl (C=O) groups is 1. The second kappa shape index (κ2) is 5.44. The van der Waals surface area contributed by atoms with Crippen LogP contribution in [0.4, 0.5) is 0 Å². The Morgan fingerprint density at radius 3 is 3.00 bits per heavy atom. The number of benzene rings is 1. The topological polar surface area (TPSA) is 50.4 Å². The first kappa shape index (κ1) is 13.4. The lowest BCUT2D eigenvalue weighted by Crippen LogP contribution is -2.54. The molecule has 3 rings (SSSR count). The number of ether oxygens (including phenoxy) is 1. The van der Waals surface area contributed by atoms with Gasteiger partial charge in [0.05, 0.1) is 6.61 Å². The smallest absolute Gasteiger partial charge is 0.251 e. The molecule has 0 aliphatic carbocycles. The van der Waals surface area contributed by atoms with Crippen LogP contribution in [0.25, 0.3) is 0 Å². The fraction of sp³-hybridized carbons (Fsp3) is 0.562. The second-order valence-corrected chi connectivity index (χ2v) is 5.93. The highest BCUT2D eigenvalue weighted by Gasteiger charge is 2.26. The van der Waals surface area contributed by atoms with Crippen molar-refractivity contribution < 1.29 is 9.53 Å². The molecule has 3 atom stereocenters. The van der Waals surface area contributed by atoms with Crippen LogP contribution in [0.15, 0.2) is 18.2 Å². The summed E-state index contributed by atoms with van der Waals surface area (Å²) < 4.78 is 5.47. The molecule has 4 nitrogen and oxygen atoms in total. The van der Waals surface area contributed by atoms with Gasteiger partial charge in [-0.15, -0.1) is 0 Å². The van der Waals surface area contributed by atoms with E-state index in [0.717, 1.165) is 42.7 Å². The van der Waals surface area contributed by atoms with Gasteiger partial charge in [0.25, 0.3) is 5.91 Å². The van der Waals surface area contributed by atoms with Gasteiger partial charge in [-0.3, -0.25) is 4.79 Å². The molecule has 3 unspecified atom stereocenters. The van der Waals surface area contributed by atoms with E-state index in [0.29, 0.717) is 12.1 Å². The van der Waals surface area contributed by atoms with Gasteiger partial charge in [-0.05, 0) is 50.5 Å². The van der Waals surface area contributed by atoms with E-state index in [1.54, 1.807) is 0 Å². The molecule has 108 valence electrons. The predicted octanol–water partition coefficient (Wildman–Crippen LogP) is 1.88. The Labute approximate surface area is 119 Å². The Kier molecular flexibility index (Phi) is 3.66. The molecule has 1 aromatic carbocycles. The van der Waals surface area contributed by atoms with Crippen LogP contribution in [0.1, 0.15) is 42.6 Å². The Morgan fingerprint density at radius 1 is 1.35 bits per heavy atom. The molecular weight excluding hydrogens is 252 g/mol. The Hall–Kier alpha value is -1.55. The standard InChI is InChI=1S/C16H22N2O2/c1-10-3-5-14(11(2)17-10)18-16(19)13-4-6-15-12(9-13)7-8-20-15/h4,6,9-11,14,17H,3,5,7-8H2,1-2H3,(H,18,19). The van der Waals surface area contributed by atoms with Gasteiger partial charge in [0, 0.05) is 30.1 Å². The maximum absolute atomic E-state index is 12.4. The third kappa shape index (κ3) is 2.66. The van der Waals surface area contributed by atoms with Crippen LogP contribution < -0.4 is 15.4 Å². The van der Waals surface area contributed by atoms with Gasteiger partial charge < -0.3 is 15.4 Å². The van der Waals surface area contributed by atoms with Crippen LogP contribution in [0.3, 0.4) is 0 Å². The van der Waals surface area contributed by atoms with Gasteiger partial charge in [0.2, 0.25) is 0 Å². The van der Waals surface area contributed by atoms with E-state index in [2.05, 4.69) is 24.5 Å². The van der Waals surface area contributed by atoms with E-state index >= 15 is 0 Å². The largest absolute Gasteiger partial charge is 0.493 e. The molecule has 0 bridgehead atoms. The molecule has 2 heterocycles. The molecule has 2 aliphatic rings. The molecule has 2 aliphatic heterocycles. The normalized spacial score (nSPS) is 28.6. The van der Waals surface area contributed by atoms with E-state index in [-0.39, 0.29) is 11.9 Å². The summed E-state index contributed by atoms with van der Waals surface area (Å²) in [6.45, 7) is 5.05. The van der Waals surface area contributed by atoms with E-state index in [1.165, 1.54) is 0 Å². The van der Waals surface area contributed by atoms with Crippen molar-refractivity contribution in [3.05, 3.63) is 29.3 Å². The van der Waals surface area contributed by atoms with E-state index < -0.39 is 0 Å². The summed E-state index contributed by atoms with van der Waals surface area (Å²) >= 11 is 0. The monoisotopic (exact) mass is 274 g/mol. The van der Waals surface area contributed by atoms with E-state index in [1.807, 2.05) is 18.2 Å². The number of carbonyl (C=O) groups excluding carboxylic acids is 1. The highest BCUT2D eigenvalue weighted by Crippen LogP contribution is 2.26. The number of piperidine rings is 1. The zero-order chi connectivity index (χ0) is 14.1. The molecule has 1 saturated heterocycles. The molecule has 1 fully saturated rings. The molecule has 0 spiro atoms. The summed E-state index contributed by atoms with van der Waals surface area (Å²) in [7, 11) is 0. The number of nitrogens with one attached hydrogen (secondary N) is 2. The van der Waals surface area contributed by atoms with Crippen molar-refractivity contribution in [2.45, 2.75) is 51.2 Å². The van der Waals surface area contributed by atoms with Crippen LogP contribution in [0.5, 0.6) is 5.75 Å². The molecule has 0 saturated carbocycles. The molecule has 0 aromatic heterocycles.